The predicted octanol–water partition coefficient (Wildman–Crippen LogP) is 6.36. The van der Waals surface area contributed by atoms with Gasteiger partial charge in [-0.2, -0.15) is 0 Å². The fourth-order valence-electron chi connectivity index (χ4n) is 5.34. The molecule has 3 N–H and O–H groups in total. The second-order valence-corrected chi connectivity index (χ2v) is 12.5. The first-order valence-corrected chi connectivity index (χ1v) is 14.4. The minimum atomic E-state index is -2.27. The van der Waals surface area contributed by atoms with E-state index in [1.807, 2.05) is 23.6 Å². The number of hydrogen-bond acceptors (Lipinski definition) is 6. The van der Waals surface area contributed by atoms with Crippen LogP contribution >= 0.6 is 0 Å². The first-order valence-electron chi connectivity index (χ1n) is 14.4. The van der Waals surface area contributed by atoms with Gasteiger partial charge in [-0.05, 0) is 70.9 Å². The van der Waals surface area contributed by atoms with Gasteiger partial charge in [0.15, 0.2) is 5.78 Å². The summed E-state index contributed by atoms with van der Waals surface area (Å²) in [5.41, 5.74) is 5.94. The lowest BCUT2D eigenvalue weighted by atomic mass is 9.82. The summed E-state index contributed by atoms with van der Waals surface area (Å²) in [5.74, 6) is -2.48. The molecule has 0 saturated carbocycles. The highest BCUT2D eigenvalue weighted by Crippen LogP contribution is 2.46. The minimum absolute atomic E-state index is 0.0452. The SMILES string of the molecule is Cc1nccn1-c1cccc(C(=O)CC(=O)NC2=C(CC(C)(C)OC(N)=O)CC(F)(OC(C)(C)C)C(c3ccccc3)=C2)c1. The van der Waals surface area contributed by atoms with Crippen molar-refractivity contribution in [1.82, 2.24) is 14.9 Å². The van der Waals surface area contributed by atoms with Gasteiger partial charge in [0, 0.05) is 47.8 Å². The van der Waals surface area contributed by atoms with E-state index in [2.05, 4.69) is 10.3 Å². The van der Waals surface area contributed by atoms with Crippen LogP contribution in [0.4, 0.5) is 9.18 Å². The van der Waals surface area contributed by atoms with Crippen LogP contribution in [0.15, 0.2) is 84.3 Å². The highest BCUT2D eigenvalue weighted by Gasteiger charge is 2.45. The number of nitrogens with zero attached hydrogens (tertiary/aromatic N) is 2. The number of nitrogens with two attached hydrogens (primary N) is 1. The predicted molar refractivity (Wildman–Crippen MR) is 165 cm³/mol. The molecule has 1 aromatic heterocycles. The van der Waals surface area contributed by atoms with Crippen LogP contribution in [-0.2, 0) is 14.3 Å². The Hall–Kier alpha value is -4.57. The Labute approximate surface area is 257 Å². The zero-order valence-electron chi connectivity index (χ0n) is 25.9. The summed E-state index contributed by atoms with van der Waals surface area (Å²) < 4.78 is 30.1. The summed E-state index contributed by atoms with van der Waals surface area (Å²) >= 11 is 0. The lowest BCUT2D eigenvalue weighted by Gasteiger charge is -2.39. The third kappa shape index (κ3) is 8.08. The topological polar surface area (TPSA) is 126 Å². The van der Waals surface area contributed by atoms with Crippen LogP contribution in [0.5, 0.6) is 0 Å². The van der Waals surface area contributed by atoms with Crippen molar-refractivity contribution in [3.05, 3.63) is 101 Å². The van der Waals surface area contributed by atoms with Crippen molar-refractivity contribution < 1.29 is 28.2 Å². The minimum Gasteiger partial charge on any atom is -0.443 e. The zero-order valence-corrected chi connectivity index (χ0v) is 25.9. The Balaban J connectivity index is 1.68. The molecule has 0 spiro atoms. The fourth-order valence-corrected chi connectivity index (χ4v) is 5.34. The standard InChI is InChI=1S/C34H39FN4O5/c1-22-37-15-16-39(22)26-14-10-13-24(17-26)29(40)19-30(41)38-28-18-27(23-11-8-7-9-12-23)34(35,44-32(2,3)4)21-25(28)20-33(5,6)43-31(36)42/h7-18H,19-21H2,1-6H3,(H2,36,42)(H,38,41). The van der Waals surface area contributed by atoms with Gasteiger partial charge in [-0.3, -0.25) is 9.59 Å². The lowest BCUT2D eigenvalue weighted by Crippen LogP contribution is -2.42. The summed E-state index contributed by atoms with van der Waals surface area (Å²) in [5, 5.41) is 2.83. The number of alkyl halides is 1. The average Bonchev–Trinajstić information content (AvgIpc) is 3.34. The molecule has 232 valence electrons. The van der Waals surface area contributed by atoms with Gasteiger partial charge in [0.1, 0.15) is 11.4 Å². The monoisotopic (exact) mass is 602 g/mol. The fraction of sp³-hybridized carbons (Fsp3) is 0.353. The second kappa shape index (κ2) is 12.6. The van der Waals surface area contributed by atoms with Gasteiger partial charge < -0.3 is 25.1 Å². The van der Waals surface area contributed by atoms with Gasteiger partial charge in [-0.15, -0.1) is 0 Å². The number of hydrogen-bond donors (Lipinski definition) is 2. The van der Waals surface area contributed by atoms with E-state index in [0.717, 1.165) is 11.5 Å². The molecule has 0 aliphatic heterocycles. The smallest absolute Gasteiger partial charge is 0.405 e. The van der Waals surface area contributed by atoms with Gasteiger partial charge >= 0.3 is 6.09 Å². The summed E-state index contributed by atoms with van der Waals surface area (Å²) in [6, 6.07) is 15.8. The van der Waals surface area contributed by atoms with Crippen molar-refractivity contribution in [3.8, 4) is 5.69 Å². The largest absolute Gasteiger partial charge is 0.443 e. The maximum absolute atomic E-state index is 17.0. The van der Waals surface area contributed by atoms with Crippen molar-refractivity contribution >= 4 is 23.4 Å². The number of Topliss-reactive ketones (excluding diaryl/α,β-unsaturated/α-hetero) is 1. The summed E-state index contributed by atoms with van der Waals surface area (Å²) in [6.45, 7) is 10.4. The number of ketones is 1. The number of aryl methyl sites for hydroxylation is 1. The molecule has 0 bridgehead atoms. The first-order chi connectivity index (χ1) is 20.6. The van der Waals surface area contributed by atoms with Crippen molar-refractivity contribution in [3.63, 3.8) is 0 Å². The normalized spacial score (nSPS) is 17.2. The number of imidazole rings is 1. The number of halogens is 1. The second-order valence-electron chi connectivity index (χ2n) is 12.5. The molecule has 4 rings (SSSR count). The molecule has 2 aromatic carbocycles. The highest BCUT2D eigenvalue weighted by molar-refractivity contribution is 6.08. The van der Waals surface area contributed by atoms with Crippen molar-refractivity contribution in [1.29, 1.82) is 0 Å². The number of carbonyl (C=O) groups is 3. The van der Waals surface area contributed by atoms with Crippen molar-refractivity contribution in [2.45, 2.75) is 77.9 Å². The van der Waals surface area contributed by atoms with E-state index in [0.29, 0.717) is 22.4 Å². The Morgan fingerprint density at radius 2 is 1.77 bits per heavy atom. The van der Waals surface area contributed by atoms with E-state index in [4.69, 9.17) is 15.2 Å². The molecule has 9 nitrogen and oxygen atoms in total. The van der Waals surface area contributed by atoms with E-state index < -0.39 is 35.5 Å². The Bertz CT molecular complexity index is 1620. The summed E-state index contributed by atoms with van der Waals surface area (Å²) in [6.07, 6.45) is 3.35. The molecule has 1 aliphatic carbocycles. The van der Waals surface area contributed by atoms with Gasteiger partial charge in [0.2, 0.25) is 11.8 Å². The molecule has 2 amide bonds. The number of amides is 2. The molecule has 3 aromatic rings. The van der Waals surface area contributed by atoms with Gasteiger partial charge in [-0.25, -0.2) is 14.2 Å². The molecule has 1 unspecified atom stereocenters. The number of benzene rings is 2. The van der Waals surface area contributed by atoms with E-state index >= 15 is 4.39 Å². The molecule has 0 saturated heterocycles. The molecular formula is C34H39FN4O5. The molecule has 44 heavy (non-hydrogen) atoms. The zero-order chi connectivity index (χ0) is 32.3. The maximum atomic E-state index is 17.0. The molecule has 1 heterocycles. The first kappa shape index (κ1) is 32.3. The van der Waals surface area contributed by atoms with Crippen molar-refractivity contribution in [2.24, 2.45) is 5.73 Å². The van der Waals surface area contributed by atoms with E-state index in [9.17, 15) is 14.4 Å². The molecule has 1 atom stereocenters. The van der Waals surface area contributed by atoms with E-state index in [-0.39, 0.29) is 24.2 Å². The van der Waals surface area contributed by atoms with Crippen LogP contribution < -0.4 is 11.1 Å². The number of nitrogens with one attached hydrogen (secondary N) is 1. The number of ether oxygens (including phenoxy) is 2. The molecular weight excluding hydrogens is 563 g/mol. The van der Waals surface area contributed by atoms with Crippen LogP contribution in [0.25, 0.3) is 11.3 Å². The van der Waals surface area contributed by atoms with Crippen LogP contribution in [-0.4, -0.2) is 44.4 Å². The number of primary amides is 1. The third-order valence-electron chi connectivity index (χ3n) is 6.95. The average molecular weight is 603 g/mol. The number of rotatable bonds is 10. The van der Waals surface area contributed by atoms with Crippen LogP contribution in [0.2, 0.25) is 0 Å². The molecule has 1 aliphatic rings. The summed E-state index contributed by atoms with van der Waals surface area (Å²) in [4.78, 5) is 42.4. The Kier molecular flexibility index (Phi) is 9.25. The van der Waals surface area contributed by atoms with Gasteiger partial charge in [0.05, 0.1) is 12.0 Å². The van der Waals surface area contributed by atoms with E-state index in [1.54, 1.807) is 89.5 Å². The molecule has 10 heteroatoms. The van der Waals surface area contributed by atoms with Crippen LogP contribution in [0.1, 0.15) is 75.6 Å². The van der Waals surface area contributed by atoms with Gasteiger partial charge in [-0.1, -0.05) is 42.5 Å². The Morgan fingerprint density at radius 3 is 2.39 bits per heavy atom. The van der Waals surface area contributed by atoms with Crippen LogP contribution in [0, 0.1) is 6.92 Å². The Morgan fingerprint density at radius 1 is 1.07 bits per heavy atom. The lowest BCUT2D eigenvalue weighted by molar-refractivity contribution is -0.169. The quantitative estimate of drug-likeness (QED) is 0.206. The summed E-state index contributed by atoms with van der Waals surface area (Å²) in [7, 11) is 0. The van der Waals surface area contributed by atoms with Crippen LogP contribution in [0.3, 0.4) is 0 Å². The number of aromatic nitrogens is 2. The third-order valence-corrected chi connectivity index (χ3v) is 6.95. The molecule has 0 fully saturated rings. The van der Waals surface area contributed by atoms with Gasteiger partial charge in [0.25, 0.3) is 0 Å². The van der Waals surface area contributed by atoms with Crippen molar-refractivity contribution in [2.75, 3.05) is 0 Å². The maximum Gasteiger partial charge on any atom is 0.405 e. The van der Waals surface area contributed by atoms with E-state index in [1.165, 1.54) is 6.08 Å². The molecule has 0 radical (unpaired) electrons. The highest BCUT2D eigenvalue weighted by atomic mass is 19.2. The number of allylic oxidation sites excluding steroid dienone is 1. The number of carbonyl (C=O) groups excluding carboxylic acids is 3.